The fourth-order valence-electron chi connectivity index (χ4n) is 1.51. The summed E-state index contributed by atoms with van der Waals surface area (Å²) in [7, 11) is 0. The Morgan fingerprint density at radius 3 is 2.89 bits per heavy atom. The van der Waals surface area contributed by atoms with E-state index in [9.17, 15) is 4.79 Å². The minimum absolute atomic E-state index is 0.136. The lowest BCUT2D eigenvalue weighted by molar-refractivity contribution is 0.0945. The second-order valence-corrected chi connectivity index (χ2v) is 4.41. The molecule has 0 saturated heterocycles. The molecule has 0 radical (unpaired) electrons. The van der Waals surface area contributed by atoms with E-state index in [2.05, 4.69) is 25.3 Å². The van der Waals surface area contributed by atoms with Crippen LogP contribution in [0.2, 0.25) is 0 Å². The van der Waals surface area contributed by atoms with Crippen molar-refractivity contribution in [1.29, 1.82) is 0 Å². The number of nitrogens with two attached hydrogens (primary N) is 1. The van der Waals surface area contributed by atoms with Gasteiger partial charge in [-0.05, 0) is 0 Å². The van der Waals surface area contributed by atoms with Gasteiger partial charge >= 0.3 is 0 Å². The molecule has 0 aliphatic carbocycles. The summed E-state index contributed by atoms with van der Waals surface area (Å²) in [5, 5.41) is 2.71. The number of anilines is 1. The number of imidazole rings is 1. The molecule has 0 saturated carbocycles. The Labute approximate surface area is 110 Å². The average Bonchev–Trinajstić information content (AvgIpc) is 2.89. The van der Waals surface area contributed by atoms with Crippen LogP contribution < -0.4 is 11.1 Å². The van der Waals surface area contributed by atoms with Gasteiger partial charge in [0.2, 0.25) is 0 Å². The molecular weight excluding hydrogens is 244 g/mol. The fraction of sp³-hybridized carbons (Fsp3) is 0.333. The molecule has 0 atom stereocenters. The summed E-state index contributed by atoms with van der Waals surface area (Å²) in [5.74, 6) is 1.07. The van der Waals surface area contributed by atoms with Crippen molar-refractivity contribution in [2.75, 3.05) is 5.73 Å². The third kappa shape index (κ3) is 3.06. The smallest absolute Gasteiger partial charge is 0.272 e. The van der Waals surface area contributed by atoms with E-state index in [0.29, 0.717) is 18.2 Å². The highest BCUT2D eigenvalue weighted by atomic mass is 16.1. The number of amides is 1. The zero-order valence-corrected chi connectivity index (χ0v) is 10.8. The molecule has 19 heavy (non-hydrogen) atoms. The second-order valence-electron chi connectivity index (χ2n) is 4.41. The monoisotopic (exact) mass is 260 g/mol. The molecule has 100 valence electrons. The van der Waals surface area contributed by atoms with E-state index in [4.69, 9.17) is 5.73 Å². The maximum atomic E-state index is 12.0. The molecular formula is C12H16N6O. The molecule has 2 rings (SSSR count). The molecule has 2 aromatic heterocycles. The first-order valence-electron chi connectivity index (χ1n) is 5.96. The Kier molecular flexibility index (Phi) is 3.74. The van der Waals surface area contributed by atoms with Crippen molar-refractivity contribution in [1.82, 2.24) is 25.3 Å². The number of carbonyl (C=O) groups is 1. The normalized spacial score (nSPS) is 10.7. The third-order valence-electron chi connectivity index (χ3n) is 2.54. The molecule has 2 heterocycles. The Balaban J connectivity index is 2.11. The van der Waals surface area contributed by atoms with Gasteiger partial charge in [0.15, 0.2) is 5.69 Å². The van der Waals surface area contributed by atoms with Gasteiger partial charge in [0.1, 0.15) is 11.6 Å². The summed E-state index contributed by atoms with van der Waals surface area (Å²) >= 11 is 0. The van der Waals surface area contributed by atoms with Gasteiger partial charge in [0.05, 0.1) is 18.4 Å². The van der Waals surface area contributed by atoms with Crippen LogP contribution in [-0.2, 0) is 6.54 Å². The highest BCUT2D eigenvalue weighted by Crippen LogP contribution is 2.13. The number of nitrogens with zero attached hydrogens (tertiary/aromatic N) is 3. The number of rotatable bonds is 4. The highest BCUT2D eigenvalue weighted by molar-refractivity contribution is 5.96. The van der Waals surface area contributed by atoms with Gasteiger partial charge < -0.3 is 16.0 Å². The van der Waals surface area contributed by atoms with E-state index in [-0.39, 0.29) is 23.2 Å². The maximum absolute atomic E-state index is 12.0. The van der Waals surface area contributed by atoms with E-state index >= 15 is 0 Å². The van der Waals surface area contributed by atoms with Crippen LogP contribution in [0.1, 0.15) is 41.9 Å². The van der Waals surface area contributed by atoms with Crippen LogP contribution in [0.25, 0.3) is 0 Å². The quantitative estimate of drug-likeness (QED) is 0.754. The molecule has 4 N–H and O–H groups in total. The van der Waals surface area contributed by atoms with Crippen LogP contribution in [0.5, 0.6) is 0 Å². The standard InChI is InChI=1S/C12H16N6O/c1-7(2)11-16-5-8(13)10(18-11)12(19)17-6-9-14-3-4-15-9/h3-5,7H,6,13H2,1-2H3,(H,14,15)(H,17,19). The number of aromatic nitrogens is 4. The van der Waals surface area contributed by atoms with Crippen molar-refractivity contribution >= 4 is 11.6 Å². The molecule has 0 aliphatic rings. The van der Waals surface area contributed by atoms with Crippen molar-refractivity contribution in [2.45, 2.75) is 26.3 Å². The van der Waals surface area contributed by atoms with E-state index in [1.165, 1.54) is 6.20 Å². The molecule has 0 fully saturated rings. The van der Waals surface area contributed by atoms with Crippen LogP contribution in [0.3, 0.4) is 0 Å². The zero-order valence-electron chi connectivity index (χ0n) is 10.8. The summed E-state index contributed by atoms with van der Waals surface area (Å²) in [4.78, 5) is 27.2. The number of H-pyrrole nitrogens is 1. The number of carbonyl (C=O) groups excluding carboxylic acids is 1. The van der Waals surface area contributed by atoms with Gasteiger partial charge in [-0.1, -0.05) is 13.8 Å². The number of nitrogen functional groups attached to an aromatic ring is 1. The lowest BCUT2D eigenvalue weighted by Crippen LogP contribution is -2.26. The van der Waals surface area contributed by atoms with Crippen molar-refractivity contribution in [2.24, 2.45) is 0 Å². The number of hydrogen-bond acceptors (Lipinski definition) is 5. The first-order chi connectivity index (χ1) is 9.08. The van der Waals surface area contributed by atoms with Crippen LogP contribution in [0, 0.1) is 0 Å². The molecule has 2 aromatic rings. The minimum atomic E-state index is -0.335. The van der Waals surface area contributed by atoms with E-state index in [0.717, 1.165) is 0 Å². The topological polar surface area (TPSA) is 110 Å². The fourth-order valence-corrected chi connectivity index (χ4v) is 1.51. The molecule has 7 nitrogen and oxygen atoms in total. The molecule has 0 spiro atoms. The largest absolute Gasteiger partial charge is 0.396 e. The Bertz CT molecular complexity index is 564. The van der Waals surface area contributed by atoms with Crippen molar-refractivity contribution in [3.63, 3.8) is 0 Å². The Morgan fingerprint density at radius 1 is 1.47 bits per heavy atom. The van der Waals surface area contributed by atoms with Crippen LogP contribution >= 0.6 is 0 Å². The molecule has 0 aromatic carbocycles. The number of aromatic amines is 1. The summed E-state index contributed by atoms with van der Waals surface area (Å²) < 4.78 is 0. The lowest BCUT2D eigenvalue weighted by Gasteiger charge is -2.09. The van der Waals surface area contributed by atoms with Crippen LogP contribution in [0.15, 0.2) is 18.6 Å². The Morgan fingerprint density at radius 2 is 2.26 bits per heavy atom. The van der Waals surface area contributed by atoms with Crippen molar-refractivity contribution in [3.8, 4) is 0 Å². The highest BCUT2D eigenvalue weighted by Gasteiger charge is 2.14. The van der Waals surface area contributed by atoms with Crippen molar-refractivity contribution < 1.29 is 4.79 Å². The molecule has 7 heteroatoms. The van der Waals surface area contributed by atoms with Gasteiger partial charge in [-0.2, -0.15) is 0 Å². The zero-order chi connectivity index (χ0) is 13.8. The SMILES string of the molecule is CC(C)c1ncc(N)c(C(=O)NCc2ncc[nH]2)n1. The van der Waals surface area contributed by atoms with Crippen molar-refractivity contribution in [3.05, 3.63) is 35.9 Å². The Hall–Kier alpha value is -2.44. The summed E-state index contributed by atoms with van der Waals surface area (Å²) in [5.41, 5.74) is 6.19. The molecule has 1 amide bonds. The van der Waals surface area contributed by atoms with E-state index in [1.54, 1.807) is 12.4 Å². The van der Waals surface area contributed by atoms with E-state index in [1.807, 2.05) is 13.8 Å². The minimum Gasteiger partial charge on any atom is -0.396 e. The van der Waals surface area contributed by atoms with E-state index < -0.39 is 0 Å². The second kappa shape index (κ2) is 5.47. The van der Waals surface area contributed by atoms with Crippen LogP contribution in [0.4, 0.5) is 5.69 Å². The third-order valence-corrected chi connectivity index (χ3v) is 2.54. The van der Waals surface area contributed by atoms with Gasteiger partial charge in [-0.25, -0.2) is 15.0 Å². The van der Waals surface area contributed by atoms with Gasteiger partial charge in [0, 0.05) is 18.3 Å². The average molecular weight is 260 g/mol. The summed E-state index contributed by atoms with van der Waals surface area (Å²) in [6.45, 7) is 4.21. The predicted molar refractivity (Wildman–Crippen MR) is 70.3 cm³/mol. The van der Waals surface area contributed by atoms with Gasteiger partial charge in [-0.3, -0.25) is 4.79 Å². The summed E-state index contributed by atoms with van der Waals surface area (Å²) in [6, 6.07) is 0. The predicted octanol–water partition coefficient (Wildman–Crippen LogP) is 0.835. The number of nitrogens with one attached hydrogen (secondary N) is 2. The van der Waals surface area contributed by atoms with Crippen LogP contribution in [-0.4, -0.2) is 25.8 Å². The molecule has 0 bridgehead atoms. The maximum Gasteiger partial charge on any atom is 0.272 e. The molecule has 0 unspecified atom stereocenters. The summed E-state index contributed by atoms with van der Waals surface area (Å²) in [6.07, 6.45) is 4.78. The number of hydrogen-bond donors (Lipinski definition) is 3. The van der Waals surface area contributed by atoms with Gasteiger partial charge in [0.25, 0.3) is 5.91 Å². The lowest BCUT2D eigenvalue weighted by atomic mass is 10.2. The van der Waals surface area contributed by atoms with Gasteiger partial charge in [-0.15, -0.1) is 0 Å². The molecule has 0 aliphatic heterocycles. The first-order valence-corrected chi connectivity index (χ1v) is 5.96. The first kappa shape index (κ1) is 13.0.